The molecule has 0 bridgehead atoms. The van der Waals surface area contributed by atoms with Gasteiger partial charge in [-0.15, -0.1) is 5.12 Å². The zero-order valence-corrected chi connectivity index (χ0v) is 9.47. The predicted octanol–water partition coefficient (Wildman–Crippen LogP) is 0.733. The average molecular weight is 218 g/mol. The zero-order chi connectivity index (χ0) is 10.6. The highest BCUT2D eigenvalue weighted by atomic mass is 35.5. The molecule has 1 aliphatic heterocycles. The van der Waals surface area contributed by atoms with Crippen LogP contribution in [-0.2, 0) is 0 Å². The predicted molar refractivity (Wildman–Crippen MR) is 59.4 cm³/mol. The molecule has 80 valence electrons. The summed E-state index contributed by atoms with van der Waals surface area (Å²) in [5, 5.41) is 2.12. The van der Waals surface area contributed by atoms with E-state index in [0.717, 1.165) is 12.4 Å². The van der Waals surface area contributed by atoms with Gasteiger partial charge in [0.25, 0.3) is 0 Å². The quantitative estimate of drug-likeness (QED) is 0.686. The number of hydrazine groups is 2. The maximum atomic E-state index is 5.80. The number of hydrogen-bond donors (Lipinski definition) is 2. The molecule has 1 heterocycles. The van der Waals surface area contributed by atoms with Gasteiger partial charge in [-0.2, -0.15) is 0 Å². The van der Waals surface area contributed by atoms with Crippen molar-refractivity contribution in [3.63, 3.8) is 0 Å². The highest BCUT2D eigenvalue weighted by molar-refractivity contribution is 6.65. The van der Waals surface area contributed by atoms with Crippen LogP contribution < -0.4 is 10.9 Å². The lowest BCUT2D eigenvalue weighted by Crippen LogP contribution is -2.54. The fourth-order valence-electron chi connectivity index (χ4n) is 1.12. The van der Waals surface area contributed by atoms with Gasteiger partial charge in [0.15, 0.2) is 0 Å². The van der Waals surface area contributed by atoms with Crippen LogP contribution in [-0.4, -0.2) is 35.4 Å². The lowest BCUT2D eigenvalue weighted by atomic mass is 10.4. The average Bonchev–Trinajstić information content (AvgIpc) is 2.01. The smallest absolute Gasteiger partial charge is 0.213 e. The summed E-state index contributed by atoms with van der Waals surface area (Å²) < 4.78 is 0. The molecule has 0 fully saturated rings. The molecule has 1 aliphatic rings. The Hall–Kier alpha value is -0.650. The highest BCUT2D eigenvalue weighted by Gasteiger charge is 2.15. The molecule has 0 unspecified atom stereocenters. The Morgan fingerprint density at radius 2 is 2.43 bits per heavy atom. The standard InChI is InChI=1S/C8H16ClN5/c1-4-10-14-5-7(11-6(2)3)12-8(9)13-14/h6,10H,4-5H2,1-3H3,(H,11,12,13). The molecule has 0 aromatic carbocycles. The van der Waals surface area contributed by atoms with Gasteiger partial charge in [0, 0.05) is 12.6 Å². The second kappa shape index (κ2) is 5.29. The van der Waals surface area contributed by atoms with Crippen LogP contribution in [0.15, 0.2) is 9.98 Å². The van der Waals surface area contributed by atoms with Gasteiger partial charge in [0.1, 0.15) is 5.84 Å². The van der Waals surface area contributed by atoms with Gasteiger partial charge >= 0.3 is 0 Å². The van der Waals surface area contributed by atoms with Crippen LogP contribution in [0.25, 0.3) is 0 Å². The summed E-state index contributed by atoms with van der Waals surface area (Å²) in [7, 11) is 0. The molecule has 0 aromatic rings. The second-order valence-corrected chi connectivity index (χ2v) is 3.61. The molecule has 0 aromatic heterocycles. The summed E-state index contributed by atoms with van der Waals surface area (Å²) in [6, 6.07) is 0.236. The second-order valence-electron chi connectivity index (χ2n) is 3.25. The van der Waals surface area contributed by atoms with E-state index in [9.17, 15) is 0 Å². The number of aliphatic imine (C=N–C) groups is 2. The molecule has 1 rings (SSSR count). The first-order valence-corrected chi connectivity index (χ1v) is 5.08. The maximum Gasteiger partial charge on any atom is 0.213 e. The summed E-state index contributed by atoms with van der Waals surface area (Å²) in [6.45, 7) is 7.47. The van der Waals surface area contributed by atoms with Crippen LogP contribution in [0, 0.1) is 0 Å². The van der Waals surface area contributed by atoms with E-state index < -0.39 is 0 Å². The Bertz CT molecular complexity index is 248. The molecule has 0 amide bonds. The topological polar surface area (TPSA) is 52.0 Å². The normalized spacial score (nSPS) is 21.2. The van der Waals surface area contributed by atoms with Gasteiger partial charge in [-0.3, -0.25) is 10.4 Å². The van der Waals surface area contributed by atoms with E-state index in [1.807, 2.05) is 20.8 Å². The highest BCUT2D eigenvalue weighted by Crippen LogP contribution is 1.99. The van der Waals surface area contributed by atoms with Crippen molar-refractivity contribution in [1.29, 1.82) is 0 Å². The Morgan fingerprint density at radius 3 is 3.00 bits per heavy atom. The number of rotatable bonds is 3. The minimum absolute atomic E-state index is 0.236. The summed E-state index contributed by atoms with van der Waals surface area (Å²) in [5.41, 5.74) is 5.97. The van der Waals surface area contributed by atoms with Gasteiger partial charge in [0.05, 0.1) is 6.54 Å². The monoisotopic (exact) mass is 217 g/mol. The van der Waals surface area contributed by atoms with Crippen molar-refractivity contribution in [2.24, 2.45) is 9.98 Å². The lowest BCUT2D eigenvalue weighted by Gasteiger charge is -2.26. The first-order valence-electron chi connectivity index (χ1n) is 4.70. The summed E-state index contributed by atoms with van der Waals surface area (Å²) in [6.07, 6.45) is 0. The molecule has 0 aliphatic carbocycles. The van der Waals surface area contributed by atoms with Gasteiger partial charge < -0.3 is 0 Å². The third-order valence-corrected chi connectivity index (χ3v) is 1.68. The minimum Gasteiger partial charge on any atom is -0.279 e. The third-order valence-electron chi connectivity index (χ3n) is 1.51. The molecule has 0 atom stereocenters. The van der Waals surface area contributed by atoms with Crippen LogP contribution in [0.1, 0.15) is 20.8 Å². The Balaban J connectivity index is 2.66. The maximum absolute atomic E-state index is 5.80. The first kappa shape index (κ1) is 11.4. The van der Waals surface area contributed by atoms with Crippen LogP contribution in [0.2, 0.25) is 0 Å². The van der Waals surface area contributed by atoms with Crippen molar-refractivity contribution in [2.75, 3.05) is 13.1 Å². The van der Waals surface area contributed by atoms with E-state index in [2.05, 4.69) is 20.8 Å². The Morgan fingerprint density at radius 1 is 1.71 bits per heavy atom. The van der Waals surface area contributed by atoms with Crippen LogP contribution >= 0.6 is 11.6 Å². The van der Waals surface area contributed by atoms with Gasteiger partial charge in [-0.25, -0.2) is 10.4 Å². The Labute approximate surface area is 89.2 Å². The van der Waals surface area contributed by atoms with Crippen LogP contribution in [0.5, 0.6) is 0 Å². The van der Waals surface area contributed by atoms with Gasteiger partial charge in [-0.05, 0) is 25.4 Å². The molecule has 6 heteroatoms. The molecular formula is C8H16ClN5. The van der Waals surface area contributed by atoms with E-state index in [1.165, 1.54) is 0 Å². The number of amidine groups is 2. The minimum atomic E-state index is 0.236. The van der Waals surface area contributed by atoms with Crippen LogP contribution in [0.4, 0.5) is 0 Å². The first-order chi connectivity index (χ1) is 6.61. The van der Waals surface area contributed by atoms with E-state index in [1.54, 1.807) is 5.12 Å². The molecule has 0 saturated heterocycles. The summed E-state index contributed by atoms with van der Waals surface area (Å²) >= 11 is 5.80. The number of nitrogens with one attached hydrogen (secondary N) is 2. The van der Waals surface area contributed by atoms with Crippen molar-refractivity contribution in [3.05, 3.63) is 0 Å². The number of hydrogen-bond acceptors (Lipinski definition) is 4. The largest absolute Gasteiger partial charge is 0.279 e. The van der Waals surface area contributed by atoms with E-state index in [-0.39, 0.29) is 6.04 Å². The summed E-state index contributed by atoms with van der Waals surface area (Å²) in [5.74, 6) is 0.740. The fraction of sp³-hybridized carbons (Fsp3) is 0.750. The van der Waals surface area contributed by atoms with E-state index in [0.29, 0.717) is 11.8 Å². The molecule has 2 N–H and O–H groups in total. The van der Waals surface area contributed by atoms with Crippen molar-refractivity contribution in [1.82, 2.24) is 16.0 Å². The molecule has 0 radical (unpaired) electrons. The zero-order valence-electron chi connectivity index (χ0n) is 8.71. The number of nitrogens with zero attached hydrogens (tertiary/aromatic N) is 3. The molecule has 5 nitrogen and oxygen atoms in total. The van der Waals surface area contributed by atoms with Gasteiger partial charge in [-0.1, -0.05) is 6.92 Å². The Kier molecular flexibility index (Phi) is 4.31. The van der Waals surface area contributed by atoms with E-state index in [4.69, 9.17) is 11.6 Å². The molecule has 0 saturated carbocycles. The molecule has 0 spiro atoms. The van der Waals surface area contributed by atoms with Crippen molar-refractivity contribution < 1.29 is 0 Å². The van der Waals surface area contributed by atoms with Crippen molar-refractivity contribution >= 4 is 22.7 Å². The SMILES string of the molecule is CCNN1CC(=NC(C)C)N=C(Cl)N1. The summed E-state index contributed by atoms with van der Waals surface area (Å²) in [4.78, 5) is 8.44. The number of halogens is 1. The third kappa shape index (κ3) is 3.61. The lowest BCUT2D eigenvalue weighted by molar-refractivity contribution is 0.181. The molecular weight excluding hydrogens is 202 g/mol. The molecule has 14 heavy (non-hydrogen) atoms. The fourth-order valence-corrected chi connectivity index (χ4v) is 1.32. The van der Waals surface area contributed by atoms with Crippen LogP contribution in [0.3, 0.4) is 0 Å². The van der Waals surface area contributed by atoms with Crippen molar-refractivity contribution in [3.8, 4) is 0 Å². The van der Waals surface area contributed by atoms with E-state index >= 15 is 0 Å². The van der Waals surface area contributed by atoms with Crippen molar-refractivity contribution in [2.45, 2.75) is 26.8 Å². The van der Waals surface area contributed by atoms with Gasteiger partial charge in [0.2, 0.25) is 5.29 Å².